The molecule has 4 aromatic rings. The molecule has 40 heavy (non-hydrogen) atoms. The number of pyridine rings is 1. The Kier molecular flexibility index (Phi) is 8.80. The number of hydrogen-bond acceptors (Lipinski definition) is 9. The average molecular weight is 544 g/mol. The Morgan fingerprint density at radius 3 is 2.45 bits per heavy atom. The standard InChI is InChI=1S/C26H31N11O.C2H6/c1-14-7-18(24(27)28)8-15(2)20(14)10-31-21-9-23(34-26(33-21)25(29)35-36-30)38-13-19-12-37-11-17(16-3-4-16)5-6-22(37)32-19;1-2/h5-9,11-12,16,36H,3-4,10,13,30H2,1-2H3,(H3,27,28)(H2,29,35)(H,31,33,34);1-2H3. The molecule has 0 unspecified atom stereocenters. The number of nitrogens with one attached hydrogen (secondary N) is 3. The molecule has 0 atom stereocenters. The maximum atomic E-state index is 7.71. The zero-order valence-electron chi connectivity index (χ0n) is 23.3. The molecule has 1 saturated carbocycles. The van der Waals surface area contributed by atoms with Crippen molar-refractivity contribution in [1.29, 1.82) is 5.41 Å². The smallest absolute Gasteiger partial charge is 0.219 e. The summed E-state index contributed by atoms with van der Waals surface area (Å²) in [7, 11) is 0. The van der Waals surface area contributed by atoms with Crippen LogP contribution in [-0.2, 0) is 13.2 Å². The lowest BCUT2D eigenvalue weighted by Crippen LogP contribution is -2.25. The number of anilines is 1. The number of rotatable bonds is 10. The highest BCUT2D eigenvalue weighted by Gasteiger charge is 2.23. The summed E-state index contributed by atoms with van der Waals surface area (Å²) in [5.74, 6) is 6.98. The second-order valence-corrected chi connectivity index (χ2v) is 9.42. The lowest BCUT2D eigenvalue weighted by Gasteiger charge is -2.14. The minimum atomic E-state index is 0.0134. The van der Waals surface area contributed by atoms with Crippen molar-refractivity contribution in [1.82, 2.24) is 24.9 Å². The lowest BCUT2D eigenvalue weighted by atomic mass is 9.99. The van der Waals surface area contributed by atoms with Crippen molar-refractivity contribution in [3.8, 4) is 5.88 Å². The van der Waals surface area contributed by atoms with E-state index >= 15 is 0 Å². The summed E-state index contributed by atoms with van der Waals surface area (Å²) in [6.45, 7) is 8.66. The van der Waals surface area contributed by atoms with Crippen LogP contribution in [0.1, 0.15) is 71.9 Å². The topological polar surface area (TPSA) is 191 Å². The number of hydrazine groups is 1. The van der Waals surface area contributed by atoms with E-state index in [1.807, 2.05) is 56.5 Å². The fraction of sp³-hybridized carbons (Fsp3) is 0.321. The summed E-state index contributed by atoms with van der Waals surface area (Å²) < 4.78 is 8.03. The summed E-state index contributed by atoms with van der Waals surface area (Å²) in [4.78, 5) is 13.5. The number of aryl methyl sites for hydroxylation is 2. The summed E-state index contributed by atoms with van der Waals surface area (Å²) >= 11 is 0. The van der Waals surface area contributed by atoms with Crippen LogP contribution in [0.3, 0.4) is 0 Å². The molecule has 1 aromatic carbocycles. The van der Waals surface area contributed by atoms with Crippen LogP contribution in [0.15, 0.2) is 47.8 Å². The molecule has 1 aliphatic carbocycles. The van der Waals surface area contributed by atoms with Crippen molar-refractivity contribution in [3.63, 3.8) is 0 Å². The van der Waals surface area contributed by atoms with Gasteiger partial charge in [-0.2, -0.15) is 4.98 Å². The SMILES string of the molecule is CC.Cc1cc(C(=N)N)cc(C)c1CNc1cc(OCc2cn3cc(C4CC4)ccc3n2)nc(/C(N)=N/NN)n1. The van der Waals surface area contributed by atoms with Crippen molar-refractivity contribution in [2.45, 2.75) is 59.6 Å². The van der Waals surface area contributed by atoms with Gasteiger partial charge in [0, 0.05) is 30.6 Å². The minimum Gasteiger partial charge on any atom is -0.471 e. The molecule has 3 aromatic heterocycles. The number of aromatic nitrogens is 4. The number of fused-ring (bicyclic) bond motifs is 1. The Balaban J connectivity index is 0.00000181. The van der Waals surface area contributed by atoms with Crippen molar-refractivity contribution in [2.75, 3.05) is 5.32 Å². The summed E-state index contributed by atoms with van der Waals surface area (Å²) in [6, 6.07) is 9.66. The molecule has 0 aliphatic heterocycles. The number of amidine groups is 2. The Hall–Kier alpha value is -4.71. The first-order valence-corrected chi connectivity index (χ1v) is 13.3. The summed E-state index contributed by atoms with van der Waals surface area (Å²) in [5, 5.41) is 14.8. The van der Waals surface area contributed by atoms with E-state index in [1.54, 1.807) is 6.07 Å². The molecule has 0 radical (unpaired) electrons. The summed E-state index contributed by atoms with van der Waals surface area (Å²) in [6.07, 6.45) is 6.60. The van der Waals surface area contributed by atoms with Crippen LogP contribution in [0.2, 0.25) is 0 Å². The predicted octanol–water partition coefficient (Wildman–Crippen LogP) is 3.20. The number of hydrogen-bond donors (Lipinski definition) is 6. The van der Waals surface area contributed by atoms with Crippen molar-refractivity contribution in [3.05, 3.63) is 82.1 Å². The molecule has 0 bridgehead atoms. The molecule has 1 aliphatic rings. The molecule has 210 valence electrons. The number of imidazole rings is 1. The second kappa shape index (κ2) is 12.4. The van der Waals surface area contributed by atoms with Crippen LogP contribution in [-0.4, -0.2) is 31.0 Å². The van der Waals surface area contributed by atoms with E-state index in [-0.39, 0.29) is 24.1 Å². The van der Waals surface area contributed by atoms with E-state index in [4.69, 9.17) is 27.5 Å². The molecule has 0 spiro atoms. The van der Waals surface area contributed by atoms with Crippen LogP contribution in [0.25, 0.3) is 5.65 Å². The van der Waals surface area contributed by atoms with Gasteiger partial charge in [-0.1, -0.05) is 19.9 Å². The number of nitrogens with two attached hydrogens (primary N) is 3. The number of ether oxygens (including phenoxy) is 1. The zero-order valence-corrected chi connectivity index (χ0v) is 23.3. The molecule has 12 nitrogen and oxygen atoms in total. The number of hydrazone groups is 1. The molecule has 12 heteroatoms. The van der Waals surface area contributed by atoms with E-state index in [0.29, 0.717) is 29.7 Å². The number of benzene rings is 1. The van der Waals surface area contributed by atoms with Gasteiger partial charge < -0.3 is 25.9 Å². The van der Waals surface area contributed by atoms with Crippen molar-refractivity contribution < 1.29 is 4.74 Å². The highest BCUT2D eigenvalue weighted by atomic mass is 16.5. The van der Waals surface area contributed by atoms with Crippen molar-refractivity contribution in [2.24, 2.45) is 22.4 Å². The Bertz CT molecular complexity index is 1520. The predicted molar refractivity (Wildman–Crippen MR) is 157 cm³/mol. The molecular weight excluding hydrogens is 506 g/mol. The Morgan fingerprint density at radius 1 is 1.07 bits per heavy atom. The highest BCUT2D eigenvalue weighted by molar-refractivity contribution is 5.95. The van der Waals surface area contributed by atoms with Gasteiger partial charge in [0.25, 0.3) is 0 Å². The third-order valence-electron chi connectivity index (χ3n) is 6.51. The monoisotopic (exact) mass is 543 g/mol. The molecule has 5 rings (SSSR count). The fourth-order valence-corrected chi connectivity index (χ4v) is 4.37. The Labute approximate surface area is 233 Å². The van der Waals surface area contributed by atoms with Crippen LogP contribution >= 0.6 is 0 Å². The maximum absolute atomic E-state index is 7.71. The van der Waals surface area contributed by atoms with Crippen LogP contribution in [0.4, 0.5) is 5.82 Å². The van der Waals surface area contributed by atoms with E-state index in [9.17, 15) is 0 Å². The lowest BCUT2D eigenvalue weighted by molar-refractivity contribution is 0.289. The van der Waals surface area contributed by atoms with Gasteiger partial charge in [0.15, 0.2) is 5.84 Å². The van der Waals surface area contributed by atoms with Crippen LogP contribution < -0.4 is 32.9 Å². The second-order valence-electron chi connectivity index (χ2n) is 9.42. The molecular formula is C28H37N11O. The van der Waals surface area contributed by atoms with Gasteiger partial charge in [0.05, 0.1) is 5.69 Å². The van der Waals surface area contributed by atoms with Gasteiger partial charge in [-0.25, -0.2) is 21.3 Å². The van der Waals surface area contributed by atoms with Gasteiger partial charge in [-0.15, -0.1) is 5.10 Å². The van der Waals surface area contributed by atoms with Crippen LogP contribution in [0, 0.1) is 19.3 Å². The molecule has 9 N–H and O–H groups in total. The van der Waals surface area contributed by atoms with Gasteiger partial charge >= 0.3 is 0 Å². The molecule has 1 fully saturated rings. The maximum Gasteiger partial charge on any atom is 0.219 e. The third kappa shape index (κ3) is 6.64. The van der Waals surface area contributed by atoms with Crippen LogP contribution in [0.5, 0.6) is 5.88 Å². The van der Waals surface area contributed by atoms with Gasteiger partial charge in [0.2, 0.25) is 11.7 Å². The van der Waals surface area contributed by atoms with E-state index in [2.05, 4.69) is 43.2 Å². The number of nitrogen functional groups attached to an aromatic ring is 1. The zero-order chi connectivity index (χ0) is 28.8. The molecule has 0 saturated heterocycles. The number of nitrogens with zero attached hydrogens (tertiary/aromatic N) is 5. The molecule has 0 amide bonds. The van der Waals surface area contributed by atoms with Gasteiger partial charge in [-0.3, -0.25) is 5.41 Å². The highest BCUT2D eigenvalue weighted by Crippen LogP contribution is 2.39. The quantitative estimate of drug-likeness (QED) is 0.0754. The van der Waals surface area contributed by atoms with Crippen molar-refractivity contribution >= 4 is 23.1 Å². The average Bonchev–Trinajstić information content (AvgIpc) is 3.71. The normalized spacial score (nSPS) is 13.0. The van der Waals surface area contributed by atoms with E-state index < -0.39 is 0 Å². The third-order valence-corrected chi connectivity index (χ3v) is 6.51. The fourth-order valence-electron chi connectivity index (χ4n) is 4.37. The minimum absolute atomic E-state index is 0.0134. The van der Waals surface area contributed by atoms with E-state index in [1.165, 1.54) is 18.4 Å². The largest absolute Gasteiger partial charge is 0.471 e. The van der Waals surface area contributed by atoms with Gasteiger partial charge in [-0.05, 0) is 73.1 Å². The molecule has 3 heterocycles. The van der Waals surface area contributed by atoms with E-state index in [0.717, 1.165) is 28.0 Å². The summed E-state index contributed by atoms with van der Waals surface area (Å²) in [5.41, 5.74) is 20.6. The first kappa shape index (κ1) is 28.3. The first-order chi connectivity index (χ1) is 19.3. The first-order valence-electron chi connectivity index (χ1n) is 13.3. The van der Waals surface area contributed by atoms with Gasteiger partial charge in [0.1, 0.15) is 23.9 Å². The Morgan fingerprint density at radius 2 is 1.80 bits per heavy atom.